The molecule has 0 unspecified atom stereocenters. The van der Waals surface area contributed by atoms with Crippen LogP contribution >= 0.6 is 23.1 Å². The van der Waals surface area contributed by atoms with Crippen molar-refractivity contribution < 1.29 is 14.3 Å². The third-order valence-corrected chi connectivity index (χ3v) is 6.88. The predicted molar refractivity (Wildman–Crippen MR) is 135 cm³/mol. The van der Waals surface area contributed by atoms with Gasteiger partial charge in [0.15, 0.2) is 5.13 Å². The van der Waals surface area contributed by atoms with E-state index in [9.17, 15) is 4.79 Å². The standard InChI is InChI=1S/C24H31N3O3S2/c1-5-30-19-9-12-21-22(17-19)32-24(25-21)27(15-6-14-26(2)3)23(28)13-16-31-20-10-7-18(29-4)8-11-20/h7-12,17H,5-6,13-16H2,1-4H3. The van der Waals surface area contributed by atoms with Gasteiger partial charge in [-0.15, -0.1) is 11.8 Å². The molecular formula is C24H31N3O3S2. The molecule has 0 aliphatic carbocycles. The smallest absolute Gasteiger partial charge is 0.229 e. The maximum atomic E-state index is 13.2. The molecule has 0 bridgehead atoms. The highest BCUT2D eigenvalue weighted by Gasteiger charge is 2.20. The Balaban J connectivity index is 1.69. The summed E-state index contributed by atoms with van der Waals surface area (Å²) in [6, 6.07) is 13.8. The fourth-order valence-electron chi connectivity index (χ4n) is 3.20. The summed E-state index contributed by atoms with van der Waals surface area (Å²) < 4.78 is 11.9. The van der Waals surface area contributed by atoms with E-state index >= 15 is 0 Å². The van der Waals surface area contributed by atoms with Gasteiger partial charge in [0.05, 0.1) is 23.9 Å². The Morgan fingerprint density at radius 1 is 1.09 bits per heavy atom. The average Bonchev–Trinajstić information content (AvgIpc) is 3.20. The molecule has 1 amide bonds. The van der Waals surface area contributed by atoms with Crippen LogP contribution in [0.1, 0.15) is 19.8 Å². The van der Waals surface area contributed by atoms with Crippen molar-refractivity contribution in [2.45, 2.75) is 24.7 Å². The van der Waals surface area contributed by atoms with E-state index in [1.54, 1.807) is 30.2 Å². The zero-order valence-corrected chi connectivity index (χ0v) is 20.8. The molecule has 0 aliphatic heterocycles. The molecule has 3 aromatic rings. The molecule has 0 saturated carbocycles. The Morgan fingerprint density at radius 2 is 1.84 bits per heavy atom. The molecule has 1 heterocycles. The lowest BCUT2D eigenvalue weighted by Crippen LogP contribution is -2.33. The van der Waals surface area contributed by atoms with Crippen LogP contribution in [0.25, 0.3) is 10.2 Å². The molecule has 32 heavy (non-hydrogen) atoms. The molecule has 8 heteroatoms. The Kier molecular flexibility index (Phi) is 9.20. The van der Waals surface area contributed by atoms with Crippen molar-refractivity contribution in [1.82, 2.24) is 9.88 Å². The summed E-state index contributed by atoms with van der Waals surface area (Å²) in [6.07, 6.45) is 1.35. The van der Waals surface area contributed by atoms with E-state index in [2.05, 4.69) is 4.90 Å². The SMILES string of the molecule is CCOc1ccc2nc(N(CCCN(C)C)C(=O)CCSc3ccc(OC)cc3)sc2c1. The topological polar surface area (TPSA) is 54.9 Å². The molecule has 0 fully saturated rings. The van der Waals surface area contributed by atoms with Crippen LogP contribution in [0.5, 0.6) is 11.5 Å². The summed E-state index contributed by atoms with van der Waals surface area (Å²) in [6.45, 7) is 4.17. The van der Waals surface area contributed by atoms with Crippen LogP contribution < -0.4 is 14.4 Å². The van der Waals surface area contributed by atoms with Crippen LogP contribution in [-0.2, 0) is 4.79 Å². The van der Waals surface area contributed by atoms with Gasteiger partial charge in [0.2, 0.25) is 5.91 Å². The van der Waals surface area contributed by atoms with Gasteiger partial charge in [-0.2, -0.15) is 0 Å². The third kappa shape index (κ3) is 6.85. The average molecular weight is 474 g/mol. The fourth-order valence-corrected chi connectivity index (χ4v) is 5.08. The van der Waals surface area contributed by atoms with Crippen molar-refractivity contribution in [2.24, 2.45) is 0 Å². The summed E-state index contributed by atoms with van der Waals surface area (Å²) in [7, 11) is 5.75. The van der Waals surface area contributed by atoms with E-state index in [1.807, 2.05) is 68.4 Å². The van der Waals surface area contributed by atoms with Crippen LogP contribution in [0, 0.1) is 0 Å². The first-order chi connectivity index (χ1) is 15.5. The van der Waals surface area contributed by atoms with Gasteiger partial charge in [0.1, 0.15) is 11.5 Å². The van der Waals surface area contributed by atoms with Crippen LogP contribution in [0.3, 0.4) is 0 Å². The highest BCUT2D eigenvalue weighted by Crippen LogP contribution is 2.32. The minimum atomic E-state index is 0.105. The van der Waals surface area contributed by atoms with Crippen LogP contribution in [0.4, 0.5) is 5.13 Å². The molecule has 0 saturated heterocycles. The molecule has 3 rings (SSSR count). The van der Waals surface area contributed by atoms with E-state index in [0.29, 0.717) is 25.3 Å². The monoisotopic (exact) mass is 473 g/mol. The minimum Gasteiger partial charge on any atom is -0.497 e. The van der Waals surface area contributed by atoms with Gasteiger partial charge >= 0.3 is 0 Å². The molecular weight excluding hydrogens is 442 g/mol. The molecule has 172 valence electrons. The molecule has 2 aromatic carbocycles. The number of thiazole rings is 1. The van der Waals surface area contributed by atoms with E-state index in [4.69, 9.17) is 14.5 Å². The number of amides is 1. The van der Waals surface area contributed by atoms with Crippen molar-refractivity contribution in [3.8, 4) is 11.5 Å². The summed E-state index contributed by atoms with van der Waals surface area (Å²) in [5, 5.41) is 0.756. The van der Waals surface area contributed by atoms with Crippen molar-refractivity contribution in [3.05, 3.63) is 42.5 Å². The maximum Gasteiger partial charge on any atom is 0.229 e. The molecule has 6 nitrogen and oxygen atoms in total. The largest absolute Gasteiger partial charge is 0.497 e. The minimum absolute atomic E-state index is 0.105. The number of anilines is 1. The normalized spacial score (nSPS) is 11.2. The number of thioether (sulfide) groups is 1. The Morgan fingerprint density at radius 3 is 2.53 bits per heavy atom. The summed E-state index contributed by atoms with van der Waals surface area (Å²) in [5.74, 6) is 2.49. The van der Waals surface area contributed by atoms with Gasteiger partial charge in [-0.05, 0) is 76.4 Å². The van der Waals surface area contributed by atoms with Crippen molar-refractivity contribution >= 4 is 44.4 Å². The first kappa shape index (κ1) is 24.4. The van der Waals surface area contributed by atoms with E-state index in [1.165, 1.54) is 0 Å². The van der Waals surface area contributed by atoms with Gasteiger partial charge in [-0.1, -0.05) is 11.3 Å². The third-order valence-electron chi connectivity index (χ3n) is 4.82. The maximum absolute atomic E-state index is 13.2. The van der Waals surface area contributed by atoms with Crippen molar-refractivity contribution in [1.29, 1.82) is 0 Å². The van der Waals surface area contributed by atoms with E-state index < -0.39 is 0 Å². The number of aromatic nitrogens is 1. The van der Waals surface area contributed by atoms with Crippen LogP contribution in [0.15, 0.2) is 47.4 Å². The van der Waals surface area contributed by atoms with Crippen molar-refractivity contribution in [2.75, 3.05) is 51.6 Å². The second kappa shape index (κ2) is 12.1. The van der Waals surface area contributed by atoms with Gasteiger partial charge in [0.25, 0.3) is 0 Å². The Hall–Kier alpha value is -2.29. The summed E-state index contributed by atoms with van der Waals surface area (Å²) >= 11 is 3.22. The van der Waals surface area contributed by atoms with Crippen molar-refractivity contribution in [3.63, 3.8) is 0 Å². The number of hydrogen-bond donors (Lipinski definition) is 0. The lowest BCUT2D eigenvalue weighted by atomic mass is 10.3. The number of carbonyl (C=O) groups excluding carboxylic acids is 1. The number of hydrogen-bond acceptors (Lipinski definition) is 7. The second-order valence-electron chi connectivity index (χ2n) is 7.54. The van der Waals surface area contributed by atoms with E-state index in [-0.39, 0.29) is 5.91 Å². The molecule has 0 atom stereocenters. The van der Waals surface area contributed by atoms with Gasteiger partial charge in [0, 0.05) is 23.6 Å². The fraction of sp³-hybridized carbons (Fsp3) is 0.417. The summed E-state index contributed by atoms with van der Waals surface area (Å²) in [4.78, 5) is 23.0. The Labute approximate surface area is 198 Å². The number of ether oxygens (including phenoxy) is 2. The first-order valence-electron chi connectivity index (χ1n) is 10.8. The van der Waals surface area contributed by atoms with E-state index in [0.717, 1.165) is 44.7 Å². The first-order valence-corrected chi connectivity index (χ1v) is 12.6. The Bertz CT molecular complexity index is 1010. The predicted octanol–water partition coefficient (Wildman–Crippen LogP) is 5.17. The van der Waals surface area contributed by atoms with Gasteiger partial charge in [-0.3, -0.25) is 9.69 Å². The number of nitrogens with zero attached hydrogens (tertiary/aromatic N) is 3. The zero-order chi connectivity index (χ0) is 22.9. The lowest BCUT2D eigenvalue weighted by molar-refractivity contribution is -0.118. The molecule has 1 aromatic heterocycles. The zero-order valence-electron chi connectivity index (χ0n) is 19.2. The number of benzene rings is 2. The molecule has 0 spiro atoms. The van der Waals surface area contributed by atoms with Gasteiger partial charge in [-0.25, -0.2) is 4.98 Å². The highest BCUT2D eigenvalue weighted by atomic mass is 32.2. The van der Waals surface area contributed by atoms with Crippen LogP contribution in [-0.4, -0.2) is 62.4 Å². The quantitative estimate of drug-likeness (QED) is 0.338. The number of carbonyl (C=O) groups is 1. The number of methoxy groups -OCH3 is 1. The van der Waals surface area contributed by atoms with Gasteiger partial charge < -0.3 is 14.4 Å². The molecule has 0 radical (unpaired) electrons. The number of fused-ring (bicyclic) bond motifs is 1. The molecule has 0 N–H and O–H groups in total. The number of rotatable bonds is 12. The summed E-state index contributed by atoms with van der Waals surface area (Å²) in [5.41, 5.74) is 0.895. The second-order valence-corrected chi connectivity index (χ2v) is 9.71. The highest BCUT2D eigenvalue weighted by molar-refractivity contribution is 7.99. The van der Waals surface area contributed by atoms with Crippen LogP contribution in [0.2, 0.25) is 0 Å². The molecule has 0 aliphatic rings. The lowest BCUT2D eigenvalue weighted by Gasteiger charge is -2.21.